The zero-order valence-corrected chi connectivity index (χ0v) is 21.1. The second-order valence-electron chi connectivity index (χ2n) is 8.68. The summed E-state index contributed by atoms with van der Waals surface area (Å²) >= 11 is 11.9. The predicted octanol–water partition coefficient (Wildman–Crippen LogP) is 5.14. The van der Waals surface area contributed by atoms with Gasteiger partial charge in [-0.25, -0.2) is 0 Å². The number of likely N-dealkylation sites (tertiary alicyclic amines) is 1. The SMILES string of the molecule is CC(C)=C1Oc2cccc(OCC#CCN3CCC(NC(=O)c4ccc(Cl)c(Cl)c4)CC3)c2C1=O. The van der Waals surface area contributed by atoms with Gasteiger partial charge in [0.15, 0.2) is 5.76 Å². The van der Waals surface area contributed by atoms with Gasteiger partial charge in [0.25, 0.3) is 5.91 Å². The van der Waals surface area contributed by atoms with Crippen LogP contribution in [0.3, 0.4) is 0 Å². The largest absolute Gasteiger partial charge is 0.480 e. The maximum absolute atomic E-state index is 12.6. The molecular weight excluding hydrogens is 487 g/mol. The van der Waals surface area contributed by atoms with Crippen molar-refractivity contribution in [3.63, 3.8) is 0 Å². The van der Waals surface area contributed by atoms with Crippen LogP contribution in [0.5, 0.6) is 11.5 Å². The number of carbonyl (C=O) groups is 2. The Balaban J connectivity index is 1.22. The molecule has 1 fully saturated rings. The number of allylic oxidation sites excluding steroid dienone is 2. The number of ether oxygens (including phenoxy) is 2. The monoisotopic (exact) mass is 512 g/mol. The number of rotatable bonds is 5. The Morgan fingerprint density at radius 3 is 2.63 bits per heavy atom. The number of hydrogen-bond acceptors (Lipinski definition) is 5. The lowest BCUT2D eigenvalue weighted by Gasteiger charge is -2.31. The summed E-state index contributed by atoms with van der Waals surface area (Å²) in [5.74, 6) is 7.22. The smallest absolute Gasteiger partial charge is 0.251 e. The standard InChI is InChI=1S/C27H26Cl2N2O4/c1-17(2)26-25(32)24-22(6-5-7-23(24)35-26)34-15-4-3-12-31-13-10-19(11-14-31)30-27(33)18-8-9-20(28)21(29)16-18/h5-9,16,19H,10-15H2,1-2H3,(H,30,33). The lowest BCUT2D eigenvalue weighted by molar-refractivity contribution is 0.0914. The number of nitrogens with one attached hydrogen (secondary N) is 1. The molecule has 0 radical (unpaired) electrons. The first-order valence-electron chi connectivity index (χ1n) is 11.4. The molecule has 0 bridgehead atoms. The van der Waals surface area contributed by atoms with Gasteiger partial charge in [-0.3, -0.25) is 14.5 Å². The molecule has 2 aliphatic heterocycles. The average molecular weight is 513 g/mol. The number of benzene rings is 2. The fourth-order valence-corrected chi connectivity index (χ4v) is 4.31. The lowest BCUT2D eigenvalue weighted by atomic mass is 10.0. The van der Waals surface area contributed by atoms with Crippen molar-refractivity contribution in [2.45, 2.75) is 32.7 Å². The van der Waals surface area contributed by atoms with Crippen molar-refractivity contribution in [1.29, 1.82) is 0 Å². The van der Waals surface area contributed by atoms with Gasteiger partial charge in [-0.05, 0) is 62.6 Å². The zero-order valence-electron chi connectivity index (χ0n) is 19.6. The first-order chi connectivity index (χ1) is 16.8. The Morgan fingerprint density at radius 1 is 1.14 bits per heavy atom. The van der Waals surface area contributed by atoms with E-state index in [9.17, 15) is 9.59 Å². The molecule has 4 rings (SSSR count). The third-order valence-electron chi connectivity index (χ3n) is 5.92. The molecule has 0 aliphatic carbocycles. The molecule has 0 aromatic heterocycles. The van der Waals surface area contributed by atoms with Crippen LogP contribution in [0, 0.1) is 11.8 Å². The van der Waals surface area contributed by atoms with Crippen molar-refractivity contribution in [3.05, 3.63) is 68.9 Å². The van der Waals surface area contributed by atoms with Crippen molar-refractivity contribution in [1.82, 2.24) is 10.2 Å². The van der Waals surface area contributed by atoms with Crippen LogP contribution < -0.4 is 14.8 Å². The van der Waals surface area contributed by atoms with E-state index < -0.39 is 0 Å². The maximum Gasteiger partial charge on any atom is 0.251 e. The van der Waals surface area contributed by atoms with Crippen LogP contribution >= 0.6 is 23.2 Å². The Kier molecular flexibility index (Phi) is 8.02. The number of halogens is 2. The molecule has 1 N–H and O–H groups in total. The third-order valence-corrected chi connectivity index (χ3v) is 6.66. The molecule has 2 aromatic rings. The van der Waals surface area contributed by atoms with E-state index in [2.05, 4.69) is 22.1 Å². The van der Waals surface area contributed by atoms with Crippen molar-refractivity contribution in [2.75, 3.05) is 26.2 Å². The van der Waals surface area contributed by atoms with E-state index in [0.29, 0.717) is 45.0 Å². The van der Waals surface area contributed by atoms with Crippen LogP contribution in [0.2, 0.25) is 10.0 Å². The first-order valence-corrected chi connectivity index (χ1v) is 12.2. The number of nitrogens with zero attached hydrogens (tertiary/aromatic N) is 1. The molecule has 8 heteroatoms. The van der Waals surface area contributed by atoms with Crippen molar-refractivity contribution < 1.29 is 19.1 Å². The summed E-state index contributed by atoms with van der Waals surface area (Å²) in [6.45, 7) is 6.17. The minimum atomic E-state index is -0.155. The lowest BCUT2D eigenvalue weighted by Crippen LogP contribution is -2.44. The number of Topliss-reactive ketones (excluding diaryl/α,β-unsaturated/α-hetero) is 1. The van der Waals surface area contributed by atoms with Crippen LogP contribution in [0.25, 0.3) is 0 Å². The van der Waals surface area contributed by atoms with Gasteiger partial charge in [0.1, 0.15) is 23.7 Å². The Labute approximate surface area is 215 Å². The van der Waals surface area contributed by atoms with Crippen molar-refractivity contribution in [3.8, 4) is 23.3 Å². The molecule has 0 saturated carbocycles. The predicted molar refractivity (Wildman–Crippen MR) is 136 cm³/mol. The average Bonchev–Trinajstić information content (AvgIpc) is 3.19. The molecule has 35 heavy (non-hydrogen) atoms. The second kappa shape index (κ2) is 11.2. The van der Waals surface area contributed by atoms with Gasteiger partial charge < -0.3 is 14.8 Å². The molecule has 0 unspecified atom stereocenters. The number of piperidine rings is 1. The van der Waals surface area contributed by atoms with Gasteiger partial charge in [0, 0.05) is 24.7 Å². The summed E-state index contributed by atoms with van der Waals surface area (Å²) in [7, 11) is 0. The van der Waals surface area contributed by atoms with E-state index in [0.717, 1.165) is 31.5 Å². The molecule has 2 heterocycles. The Hall–Kier alpha value is -2.98. The summed E-state index contributed by atoms with van der Waals surface area (Å²) < 4.78 is 11.4. The van der Waals surface area contributed by atoms with Crippen LogP contribution in [0.15, 0.2) is 47.7 Å². The molecule has 0 spiro atoms. The highest BCUT2D eigenvalue weighted by Gasteiger charge is 2.31. The molecule has 2 aliphatic rings. The first kappa shape index (κ1) is 25.1. The van der Waals surface area contributed by atoms with Gasteiger partial charge in [0.2, 0.25) is 5.78 Å². The van der Waals surface area contributed by atoms with E-state index in [1.165, 1.54) is 0 Å². The van der Waals surface area contributed by atoms with Gasteiger partial charge in [-0.1, -0.05) is 41.1 Å². The molecule has 1 saturated heterocycles. The highest BCUT2D eigenvalue weighted by atomic mass is 35.5. The summed E-state index contributed by atoms with van der Waals surface area (Å²) in [5.41, 5.74) is 1.78. The number of fused-ring (bicyclic) bond motifs is 1. The van der Waals surface area contributed by atoms with E-state index in [1.54, 1.807) is 36.4 Å². The summed E-state index contributed by atoms with van der Waals surface area (Å²) in [5, 5.41) is 3.86. The quantitative estimate of drug-likeness (QED) is 0.443. The van der Waals surface area contributed by atoms with Crippen LogP contribution in [0.4, 0.5) is 0 Å². The molecule has 6 nitrogen and oxygen atoms in total. The number of ketones is 1. The highest BCUT2D eigenvalue weighted by molar-refractivity contribution is 6.42. The number of amides is 1. The van der Waals surface area contributed by atoms with E-state index in [1.807, 2.05) is 13.8 Å². The van der Waals surface area contributed by atoms with E-state index in [4.69, 9.17) is 32.7 Å². The summed E-state index contributed by atoms with van der Waals surface area (Å²) in [6.07, 6.45) is 1.69. The molecule has 1 amide bonds. The normalized spacial score (nSPS) is 15.7. The van der Waals surface area contributed by atoms with E-state index in [-0.39, 0.29) is 24.3 Å². The second-order valence-corrected chi connectivity index (χ2v) is 9.50. The molecule has 0 atom stereocenters. The van der Waals surface area contributed by atoms with Crippen molar-refractivity contribution >= 4 is 34.9 Å². The number of hydrogen-bond donors (Lipinski definition) is 1. The zero-order chi connectivity index (χ0) is 24.9. The van der Waals surface area contributed by atoms with Crippen LogP contribution in [0.1, 0.15) is 47.4 Å². The van der Waals surface area contributed by atoms with Crippen LogP contribution in [-0.4, -0.2) is 48.9 Å². The van der Waals surface area contributed by atoms with Gasteiger partial charge in [-0.15, -0.1) is 0 Å². The topological polar surface area (TPSA) is 67.9 Å². The van der Waals surface area contributed by atoms with Crippen LogP contribution in [-0.2, 0) is 0 Å². The maximum atomic E-state index is 12.6. The molecule has 2 aromatic carbocycles. The third kappa shape index (κ3) is 5.99. The van der Waals surface area contributed by atoms with Gasteiger partial charge in [0.05, 0.1) is 16.6 Å². The minimum Gasteiger partial charge on any atom is -0.480 e. The Morgan fingerprint density at radius 2 is 1.91 bits per heavy atom. The van der Waals surface area contributed by atoms with Gasteiger partial charge in [-0.2, -0.15) is 0 Å². The number of carbonyl (C=O) groups excluding carboxylic acids is 2. The highest BCUT2D eigenvalue weighted by Crippen LogP contribution is 2.38. The summed E-state index contributed by atoms with van der Waals surface area (Å²) in [6, 6.07) is 10.3. The minimum absolute atomic E-state index is 0.107. The fourth-order valence-electron chi connectivity index (χ4n) is 4.01. The fraction of sp³-hybridized carbons (Fsp3) is 0.333. The summed E-state index contributed by atoms with van der Waals surface area (Å²) in [4.78, 5) is 27.3. The Bertz CT molecular complexity index is 1230. The van der Waals surface area contributed by atoms with Gasteiger partial charge >= 0.3 is 0 Å². The van der Waals surface area contributed by atoms with E-state index >= 15 is 0 Å². The molecular formula is C27H26Cl2N2O4. The van der Waals surface area contributed by atoms with Crippen molar-refractivity contribution in [2.24, 2.45) is 0 Å². The molecule has 182 valence electrons.